The maximum atomic E-state index is 12.6. The Morgan fingerprint density at radius 2 is 1.81 bits per heavy atom. The van der Waals surface area contributed by atoms with Crippen molar-refractivity contribution in [3.63, 3.8) is 0 Å². The van der Waals surface area contributed by atoms with Gasteiger partial charge >= 0.3 is 0 Å². The van der Waals surface area contributed by atoms with Crippen LogP contribution in [0.15, 0.2) is 29.2 Å². The van der Waals surface area contributed by atoms with Gasteiger partial charge in [0.2, 0.25) is 10.0 Å². The van der Waals surface area contributed by atoms with E-state index in [1.165, 1.54) is 26.3 Å². The van der Waals surface area contributed by atoms with E-state index in [2.05, 4.69) is 0 Å². The highest BCUT2D eigenvalue weighted by molar-refractivity contribution is 7.89. The van der Waals surface area contributed by atoms with Gasteiger partial charge < -0.3 is 14.9 Å². The molecule has 21 heavy (non-hydrogen) atoms. The van der Waals surface area contributed by atoms with Crippen molar-refractivity contribution in [3.05, 3.63) is 24.3 Å². The van der Waals surface area contributed by atoms with Crippen LogP contribution in [-0.2, 0) is 10.0 Å². The van der Waals surface area contributed by atoms with Crippen molar-refractivity contribution in [1.82, 2.24) is 4.31 Å². The number of aliphatic hydroxyl groups is 2. The summed E-state index contributed by atoms with van der Waals surface area (Å²) in [5.74, 6) is 0.574. The number of aliphatic hydroxyl groups excluding tert-OH is 2. The number of ether oxygens (including phenoxy) is 1. The molecule has 0 unspecified atom stereocenters. The molecule has 7 heteroatoms. The molecule has 0 saturated heterocycles. The summed E-state index contributed by atoms with van der Waals surface area (Å²) in [4.78, 5) is 0.137. The zero-order valence-electron chi connectivity index (χ0n) is 12.1. The van der Waals surface area contributed by atoms with Crippen molar-refractivity contribution in [2.75, 3.05) is 14.2 Å². The van der Waals surface area contributed by atoms with E-state index >= 15 is 0 Å². The molecule has 0 heterocycles. The lowest BCUT2D eigenvalue weighted by molar-refractivity contribution is -0.0433. The highest BCUT2D eigenvalue weighted by atomic mass is 32.2. The Labute approximate surface area is 125 Å². The molecule has 6 nitrogen and oxygen atoms in total. The van der Waals surface area contributed by atoms with Crippen LogP contribution < -0.4 is 4.74 Å². The van der Waals surface area contributed by atoms with Crippen molar-refractivity contribution in [2.24, 2.45) is 0 Å². The lowest BCUT2D eigenvalue weighted by Crippen LogP contribution is -2.51. The highest BCUT2D eigenvalue weighted by Gasteiger charge is 2.38. The molecule has 0 aromatic heterocycles. The summed E-state index contributed by atoms with van der Waals surface area (Å²) in [6.07, 6.45) is -0.224. The minimum absolute atomic E-state index is 0.137. The van der Waals surface area contributed by atoms with Gasteiger partial charge in [-0.2, -0.15) is 4.31 Å². The van der Waals surface area contributed by atoms with E-state index in [-0.39, 0.29) is 4.90 Å². The van der Waals surface area contributed by atoms with Crippen molar-refractivity contribution >= 4 is 10.0 Å². The van der Waals surface area contributed by atoms with Gasteiger partial charge in [-0.05, 0) is 43.5 Å². The van der Waals surface area contributed by atoms with Crippen LogP contribution in [0.3, 0.4) is 0 Å². The average Bonchev–Trinajstić information content (AvgIpc) is 2.49. The molecule has 0 aliphatic heterocycles. The third-order valence-corrected chi connectivity index (χ3v) is 5.89. The first-order valence-electron chi connectivity index (χ1n) is 6.86. The van der Waals surface area contributed by atoms with Crippen LogP contribution in [0.5, 0.6) is 5.75 Å². The van der Waals surface area contributed by atoms with Crippen LogP contribution >= 0.6 is 0 Å². The third-order valence-electron chi connectivity index (χ3n) is 3.99. The third kappa shape index (κ3) is 3.21. The van der Waals surface area contributed by atoms with Crippen molar-refractivity contribution < 1.29 is 23.4 Å². The summed E-state index contributed by atoms with van der Waals surface area (Å²) in [5.41, 5.74) is 0. The average molecular weight is 315 g/mol. The first-order valence-corrected chi connectivity index (χ1v) is 8.30. The summed E-state index contributed by atoms with van der Waals surface area (Å²) < 4.78 is 31.3. The van der Waals surface area contributed by atoms with Gasteiger partial charge in [0.25, 0.3) is 0 Å². The minimum Gasteiger partial charge on any atom is -0.497 e. The van der Waals surface area contributed by atoms with Gasteiger partial charge in [0.1, 0.15) is 5.75 Å². The molecule has 1 fully saturated rings. The Morgan fingerprint density at radius 1 is 1.19 bits per heavy atom. The van der Waals surface area contributed by atoms with E-state index in [0.717, 1.165) is 4.31 Å². The van der Waals surface area contributed by atoms with Crippen molar-refractivity contribution in [1.29, 1.82) is 0 Å². The molecule has 3 atom stereocenters. The van der Waals surface area contributed by atoms with Gasteiger partial charge in [0.05, 0.1) is 30.3 Å². The molecule has 0 radical (unpaired) electrons. The quantitative estimate of drug-likeness (QED) is 0.849. The van der Waals surface area contributed by atoms with Gasteiger partial charge in [-0.3, -0.25) is 0 Å². The Balaban J connectivity index is 2.25. The largest absolute Gasteiger partial charge is 0.497 e. The van der Waals surface area contributed by atoms with Crippen LogP contribution in [0.25, 0.3) is 0 Å². The van der Waals surface area contributed by atoms with E-state index in [1.54, 1.807) is 12.1 Å². The summed E-state index contributed by atoms with van der Waals surface area (Å²) in [5, 5.41) is 19.7. The first kappa shape index (κ1) is 16.2. The molecule has 2 rings (SSSR count). The Bertz CT molecular complexity index is 572. The highest BCUT2D eigenvalue weighted by Crippen LogP contribution is 2.27. The van der Waals surface area contributed by atoms with E-state index in [1.807, 2.05) is 0 Å². The number of rotatable bonds is 4. The molecule has 0 spiro atoms. The lowest BCUT2D eigenvalue weighted by atomic mass is 9.90. The number of likely N-dealkylation sites (N-methyl/N-ethyl adjacent to an activating group) is 1. The Hall–Kier alpha value is -1.15. The Kier molecular flexibility index (Phi) is 4.88. The van der Waals surface area contributed by atoms with Crippen LogP contribution in [0.1, 0.15) is 19.3 Å². The number of nitrogens with zero attached hydrogens (tertiary/aromatic N) is 1. The van der Waals surface area contributed by atoms with Crippen LogP contribution in [-0.4, -0.2) is 55.3 Å². The maximum Gasteiger partial charge on any atom is 0.243 e. The fraction of sp³-hybridized carbons (Fsp3) is 0.571. The maximum absolute atomic E-state index is 12.6. The Morgan fingerprint density at radius 3 is 2.38 bits per heavy atom. The smallest absolute Gasteiger partial charge is 0.243 e. The zero-order chi connectivity index (χ0) is 15.6. The van der Waals surface area contributed by atoms with E-state index < -0.39 is 28.3 Å². The second kappa shape index (κ2) is 6.31. The van der Waals surface area contributed by atoms with E-state index in [4.69, 9.17) is 4.74 Å². The summed E-state index contributed by atoms with van der Waals surface area (Å²) in [6.45, 7) is 0. The molecule has 118 valence electrons. The second-order valence-electron chi connectivity index (χ2n) is 5.25. The molecule has 1 aliphatic carbocycles. The number of hydrogen-bond donors (Lipinski definition) is 2. The minimum atomic E-state index is -3.71. The molecule has 1 aliphatic rings. The number of methoxy groups -OCH3 is 1. The van der Waals surface area contributed by atoms with Gasteiger partial charge in [0.15, 0.2) is 0 Å². The lowest BCUT2D eigenvalue weighted by Gasteiger charge is -2.37. The number of benzene rings is 1. The molecular weight excluding hydrogens is 294 g/mol. The second-order valence-corrected chi connectivity index (χ2v) is 7.25. The fourth-order valence-corrected chi connectivity index (χ4v) is 4.02. The van der Waals surface area contributed by atoms with Gasteiger partial charge in [-0.25, -0.2) is 8.42 Å². The molecule has 1 aromatic rings. The van der Waals surface area contributed by atoms with E-state index in [9.17, 15) is 18.6 Å². The van der Waals surface area contributed by atoms with Gasteiger partial charge in [0, 0.05) is 7.05 Å². The SMILES string of the molecule is COc1ccc(S(=O)(=O)N(C)[C@@H]2CCC[C@@H](O)[C@@H]2O)cc1. The standard InChI is InChI=1S/C14H21NO5S/c1-15(12-4-3-5-13(16)14(12)17)21(18,19)11-8-6-10(20-2)7-9-11/h6-9,12-14,16-17H,3-5H2,1-2H3/t12-,13-,14-/m1/s1. The number of hydrogen-bond acceptors (Lipinski definition) is 5. The molecule has 1 saturated carbocycles. The number of sulfonamides is 1. The summed E-state index contributed by atoms with van der Waals surface area (Å²) in [7, 11) is -0.768. The predicted molar refractivity (Wildman–Crippen MR) is 77.6 cm³/mol. The van der Waals surface area contributed by atoms with Crippen LogP contribution in [0.2, 0.25) is 0 Å². The van der Waals surface area contributed by atoms with Gasteiger partial charge in [-0.1, -0.05) is 0 Å². The normalized spacial score (nSPS) is 26.8. The zero-order valence-corrected chi connectivity index (χ0v) is 13.0. The topological polar surface area (TPSA) is 87.1 Å². The molecule has 2 N–H and O–H groups in total. The summed E-state index contributed by atoms with van der Waals surface area (Å²) in [6, 6.07) is 5.48. The van der Waals surface area contributed by atoms with Gasteiger partial charge in [-0.15, -0.1) is 0 Å². The first-order chi connectivity index (χ1) is 9.87. The molecule has 1 aromatic carbocycles. The van der Waals surface area contributed by atoms with E-state index in [0.29, 0.717) is 25.0 Å². The fourth-order valence-electron chi connectivity index (χ4n) is 2.62. The molecule has 0 amide bonds. The van der Waals surface area contributed by atoms with Crippen LogP contribution in [0, 0.1) is 0 Å². The van der Waals surface area contributed by atoms with Crippen molar-refractivity contribution in [3.8, 4) is 5.75 Å². The molecule has 0 bridgehead atoms. The monoisotopic (exact) mass is 315 g/mol. The predicted octanol–water partition coefficient (Wildman–Crippen LogP) is 0.590. The van der Waals surface area contributed by atoms with Crippen LogP contribution in [0.4, 0.5) is 0 Å². The van der Waals surface area contributed by atoms with Crippen molar-refractivity contribution in [2.45, 2.75) is 42.4 Å². The molecular formula is C14H21NO5S. The summed E-state index contributed by atoms with van der Waals surface area (Å²) >= 11 is 0.